The lowest BCUT2D eigenvalue weighted by Crippen LogP contribution is -2.29. The molecule has 2 rings (SSSR count). The first-order valence-corrected chi connectivity index (χ1v) is 6.04. The first-order chi connectivity index (χ1) is 7.56. The molecule has 16 heavy (non-hydrogen) atoms. The maximum atomic E-state index is 11.7. The van der Waals surface area contributed by atoms with Gasteiger partial charge in [0.1, 0.15) is 0 Å². The van der Waals surface area contributed by atoms with Crippen LogP contribution in [0.25, 0.3) is 0 Å². The van der Waals surface area contributed by atoms with E-state index in [2.05, 4.69) is 0 Å². The van der Waals surface area contributed by atoms with E-state index in [1.807, 2.05) is 18.7 Å². The first-order valence-electron chi connectivity index (χ1n) is 6.04. The van der Waals surface area contributed by atoms with Gasteiger partial charge in [-0.15, -0.1) is 0 Å². The van der Waals surface area contributed by atoms with Gasteiger partial charge < -0.3 is 9.64 Å². The summed E-state index contributed by atoms with van der Waals surface area (Å²) in [5.41, 5.74) is 0. The number of amides is 1. The van der Waals surface area contributed by atoms with E-state index in [1.54, 1.807) is 0 Å². The Morgan fingerprint density at radius 2 is 2.19 bits per heavy atom. The second-order valence-corrected chi connectivity index (χ2v) is 5.13. The molecule has 0 aromatic carbocycles. The molecule has 0 radical (unpaired) electrons. The molecule has 4 nitrogen and oxygen atoms in total. The number of carbonyl (C=O) groups excluding carboxylic acids is 2. The lowest BCUT2D eigenvalue weighted by Gasteiger charge is -2.16. The molecule has 1 amide bonds. The minimum absolute atomic E-state index is 0.0971. The number of hydrogen-bond acceptors (Lipinski definition) is 3. The maximum Gasteiger partial charge on any atom is 0.311 e. The van der Waals surface area contributed by atoms with Gasteiger partial charge in [0.2, 0.25) is 5.91 Å². The Bertz CT molecular complexity index is 297. The van der Waals surface area contributed by atoms with Gasteiger partial charge >= 0.3 is 5.97 Å². The van der Waals surface area contributed by atoms with Crippen molar-refractivity contribution in [2.45, 2.75) is 39.2 Å². The summed E-state index contributed by atoms with van der Waals surface area (Å²) in [5.74, 6) is 0.330. The topological polar surface area (TPSA) is 46.6 Å². The van der Waals surface area contributed by atoms with Crippen LogP contribution in [0.15, 0.2) is 0 Å². The zero-order chi connectivity index (χ0) is 11.7. The van der Waals surface area contributed by atoms with Crippen LogP contribution in [0.5, 0.6) is 0 Å². The van der Waals surface area contributed by atoms with Crippen LogP contribution in [0, 0.1) is 11.8 Å². The van der Waals surface area contributed by atoms with Crippen LogP contribution in [-0.4, -0.2) is 36.0 Å². The predicted octanol–water partition coefficient (Wildman–Crippen LogP) is 1.20. The molecule has 1 unspecified atom stereocenters. The van der Waals surface area contributed by atoms with E-state index in [0.717, 1.165) is 6.54 Å². The van der Waals surface area contributed by atoms with E-state index in [-0.39, 0.29) is 23.9 Å². The highest BCUT2D eigenvalue weighted by Gasteiger charge is 2.38. The van der Waals surface area contributed by atoms with Crippen molar-refractivity contribution in [3.05, 3.63) is 0 Å². The van der Waals surface area contributed by atoms with Gasteiger partial charge in [-0.1, -0.05) is 0 Å². The number of ether oxygens (including phenoxy) is 1. The van der Waals surface area contributed by atoms with Crippen molar-refractivity contribution in [1.29, 1.82) is 0 Å². The summed E-state index contributed by atoms with van der Waals surface area (Å²) in [6.07, 6.45) is 2.69. The number of rotatable bonds is 4. The number of nitrogens with zero attached hydrogens (tertiary/aromatic N) is 1. The number of hydrogen-bond donors (Lipinski definition) is 0. The molecule has 0 N–H and O–H groups in total. The molecule has 90 valence electrons. The fraction of sp³-hybridized carbons (Fsp3) is 0.833. The van der Waals surface area contributed by atoms with E-state index in [9.17, 15) is 9.59 Å². The number of likely N-dealkylation sites (tertiary alicyclic amines) is 1. The summed E-state index contributed by atoms with van der Waals surface area (Å²) >= 11 is 0. The van der Waals surface area contributed by atoms with Crippen molar-refractivity contribution in [2.75, 3.05) is 13.1 Å². The molecule has 1 aliphatic carbocycles. The molecular weight excluding hydrogens is 206 g/mol. The van der Waals surface area contributed by atoms with Gasteiger partial charge in [0, 0.05) is 19.5 Å². The minimum Gasteiger partial charge on any atom is -0.463 e. The van der Waals surface area contributed by atoms with Crippen molar-refractivity contribution >= 4 is 11.9 Å². The molecule has 0 spiro atoms. The molecule has 1 atom stereocenters. The zero-order valence-corrected chi connectivity index (χ0v) is 9.94. The summed E-state index contributed by atoms with van der Waals surface area (Å²) in [5, 5.41) is 0. The van der Waals surface area contributed by atoms with E-state index >= 15 is 0 Å². The van der Waals surface area contributed by atoms with Gasteiger partial charge in [0.25, 0.3) is 0 Å². The van der Waals surface area contributed by atoms with Gasteiger partial charge in [-0.2, -0.15) is 0 Å². The molecule has 0 aromatic heterocycles. The summed E-state index contributed by atoms with van der Waals surface area (Å²) in [4.78, 5) is 25.1. The van der Waals surface area contributed by atoms with Gasteiger partial charge in [0.15, 0.2) is 0 Å². The maximum absolute atomic E-state index is 11.7. The summed E-state index contributed by atoms with van der Waals surface area (Å²) in [7, 11) is 0. The summed E-state index contributed by atoms with van der Waals surface area (Å²) in [6.45, 7) is 5.05. The van der Waals surface area contributed by atoms with E-state index in [1.165, 1.54) is 12.8 Å². The third-order valence-electron chi connectivity index (χ3n) is 3.08. The molecule has 0 bridgehead atoms. The van der Waals surface area contributed by atoms with E-state index < -0.39 is 0 Å². The van der Waals surface area contributed by atoms with Crippen LogP contribution < -0.4 is 0 Å². The Balaban J connectivity index is 1.84. The average Bonchev–Trinajstić information content (AvgIpc) is 2.90. The Kier molecular flexibility index (Phi) is 3.17. The average molecular weight is 225 g/mol. The third-order valence-corrected chi connectivity index (χ3v) is 3.08. The minimum atomic E-state index is -0.242. The Hall–Kier alpha value is -1.06. The second-order valence-electron chi connectivity index (χ2n) is 5.13. The number of esters is 1. The molecule has 2 fully saturated rings. The zero-order valence-electron chi connectivity index (χ0n) is 9.94. The van der Waals surface area contributed by atoms with Crippen molar-refractivity contribution in [3.63, 3.8) is 0 Å². The van der Waals surface area contributed by atoms with E-state index in [4.69, 9.17) is 4.74 Å². The molecule has 1 saturated carbocycles. The highest BCUT2D eigenvalue weighted by Crippen LogP contribution is 2.32. The number of carbonyl (C=O) groups is 2. The van der Waals surface area contributed by atoms with Crippen molar-refractivity contribution in [2.24, 2.45) is 11.8 Å². The first kappa shape index (κ1) is 11.4. The molecule has 0 aromatic rings. The predicted molar refractivity (Wildman–Crippen MR) is 58.6 cm³/mol. The monoisotopic (exact) mass is 225 g/mol. The fourth-order valence-electron chi connectivity index (χ4n) is 2.05. The van der Waals surface area contributed by atoms with Crippen LogP contribution in [0.1, 0.15) is 33.1 Å². The van der Waals surface area contributed by atoms with Crippen molar-refractivity contribution in [3.8, 4) is 0 Å². The van der Waals surface area contributed by atoms with Crippen molar-refractivity contribution in [1.82, 2.24) is 4.90 Å². The highest BCUT2D eigenvalue weighted by molar-refractivity contribution is 5.86. The molecule has 1 aliphatic heterocycles. The Morgan fingerprint density at radius 1 is 1.50 bits per heavy atom. The standard InChI is InChI=1S/C12H19NO3/c1-8(2)16-12(15)10-5-11(14)13(7-10)6-9-3-4-9/h8-10H,3-7H2,1-2H3. The lowest BCUT2D eigenvalue weighted by molar-refractivity contribution is -0.152. The van der Waals surface area contributed by atoms with Gasteiger partial charge in [-0.3, -0.25) is 9.59 Å². The van der Waals surface area contributed by atoms with Gasteiger partial charge in [0.05, 0.1) is 12.0 Å². The largest absolute Gasteiger partial charge is 0.463 e. The molecule has 1 saturated heterocycles. The normalized spacial score (nSPS) is 25.3. The second kappa shape index (κ2) is 4.44. The Morgan fingerprint density at radius 3 is 2.75 bits per heavy atom. The van der Waals surface area contributed by atoms with Crippen LogP contribution in [0.3, 0.4) is 0 Å². The molecular formula is C12H19NO3. The van der Waals surface area contributed by atoms with Crippen molar-refractivity contribution < 1.29 is 14.3 Å². The van der Waals surface area contributed by atoms with Gasteiger partial charge in [-0.25, -0.2) is 0 Å². The fourth-order valence-corrected chi connectivity index (χ4v) is 2.05. The van der Waals surface area contributed by atoms with E-state index in [0.29, 0.717) is 18.9 Å². The third kappa shape index (κ3) is 2.74. The van der Waals surface area contributed by atoms with Crippen LogP contribution >= 0.6 is 0 Å². The van der Waals surface area contributed by atoms with Crippen LogP contribution in [0.2, 0.25) is 0 Å². The molecule has 2 aliphatic rings. The SMILES string of the molecule is CC(C)OC(=O)C1CC(=O)N(CC2CC2)C1. The van der Waals surface area contributed by atoms with Crippen LogP contribution in [-0.2, 0) is 14.3 Å². The molecule has 1 heterocycles. The van der Waals surface area contributed by atoms with Crippen LogP contribution in [0.4, 0.5) is 0 Å². The van der Waals surface area contributed by atoms with Gasteiger partial charge in [-0.05, 0) is 32.6 Å². The smallest absolute Gasteiger partial charge is 0.311 e. The molecule has 4 heteroatoms. The highest BCUT2D eigenvalue weighted by atomic mass is 16.5. The quantitative estimate of drug-likeness (QED) is 0.675. The summed E-state index contributed by atoms with van der Waals surface area (Å²) < 4.78 is 5.13. The summed E-state index contributed by atoms with van der Waals surface area (Å²) in [6, 6.07) is 0. The lowest BCUT2D eigenvalue weighted by atomic mass is 10.1. The Labute approximate surface area is 95.9 Å².